The smallest absolute Gasteiger partial charge is 0.220 e. The molecule has 6 N–H and O–H groups in total. The summed E-state index contributed by atoms with van der Waals surface area (Å²) < 4.78 is 11.3. The monoisotopic (exact) mass is 1010 g/mol. The fourth-order valence-corrected chi connectivity index (χ4v) is 10.1. The number of ether oxygens (including phenoxy) is 2. The topological polar surface area (TPSA) is 149 Å². The number of aliphatic hydroxyl groups is 5. The van der Waals surface area contributed by atoms with Crippen LogP contribution in [0.25, 0.3) is 0 Å². The summed E-state index contributed by atoms with van der Waals surface area (Å²) in [7, 11) is 0. The summed E-state index contributed by atoms with van der Waals surface area (Å²) >= 11 is 0. The molecule has 0 aliphatic carbocycles. The Kier molecular flexibility index (Phi) is 49.7. The van der Waals surface area contributed by atoms with Gasteiger partial charge in [-0.25, -0.2) is 0 Å². The quantitative estimate of drug-likeness (QED) is 0.0261. The van der Waals surface area contributed by atoms with E-state index in [9.17, 15) is 30.3 Å². The lowest BCUT2D eigenvalue weighted by atomic mass is 9.99. The summed E-state index contributed by atoms with van der Waals surface area (Å²) in [5, 5.41) is 54.4. The SMILES string of the molecule is CCCCCCCCCCCCC/C=C/C(O)C(COC1OC(CO)C(O)C(O)C1O)NC(=O)CCCCCCCCCCCCCCCCCCC/C=C\CCCCCCCCCCCCCCCC. The van der Waals surface area contributed by atoms with E-state index in [1.165, 1.54) is 250 Å². The van der Waals surface area contributed by atoms with Crippen LogP contribution < -0.4 is 5.32 Å². The third kappa shape index (κ3) is 41.6. The molecule has 0 aromatic heterocycles. The number of nitrogens with one attached hydrogen (secondary N) is 1. The van der Waals surface area contributed by atoms with Gasteiger partial charge in [0.15, 0.2) is 6.29 Å². The Morgan fingerprint density at radius 1 is 0.465 bits per heavy atom. The van der Waals surface area contributed by atoms with Crippen LogP contribution in [0.15, 0.2) is 24.3 Å². The third-order valence-corrected chi connectivity index (χ3v) is 15.0. The minimum Gasteiger partial charge on any atom is -0.394 e. The molecule has 1 aliphatic heterocycles. The van der Waals surface area contributed by atoms with E-state index in [0.29, 0.717) is 6.42 Å². The lowest BCUT2D eigenvalue weighted by molar-refractivity contribution is -0.302. The molecule has 7 atom stereocenters. The van der Waals surface area contributed by atoms with Crippen molar-refractivity contribution in [3.63, 3.8) is 0 Å². The van der Waals surface area contributed by atoms with Gasteiger partial charge in [0.1, 0.15) is 24.4 Å². The Balaban J connectivity index is 2.07. The molecule has 1 heterocycles. The molecule has 1 saturated heterocycles. The van der Waals surface area contributed by atoms with Crippen molar-refractivity contribution < 1.29 is 39.8 Å². The summed E-state index contributed by atoms with van der Waals surface area (Å²) in [6, 6.07) is -0.801. The maximum absolute atomic E-state index is 13.0. The first-order chi connectivity index (χ1) is 34.8. The van der Waals surface area contributed by atoms with E-state index in [0.717, 1.165) is 38.5 Å². The minimum absolute atomic E-state index is 0.172. The van der Waals surface area contributed by atoms with Gasteiger partial charge in [-0.1, -0.05) is 282 Å². The van der Waals surface area contributed by atoms with Crippen LogP contribution in [0.5, 0.6) is 0 Å². The predicted octanol–water partition coefficient (Wildman–Crippen LogP) is 15.7. The van der Waals surface area contributed by atoms with Crippen molar-refractivity contribution in [3.05, 3.63) is 24.3 Å². The van der Waals surface area contributed by atoms with E-state index in [1.54, 1.807) is 6.08 Å². The molecule has 9 heteroatoms. The number of carbonyl (C=O) groups is 1. The Morgan fingerprint density at radius 2 is 0.789 bits per heavy atom. The second kappa shape index (κ2) is 52.1. The van der Waals surface area contributed by atoms with Crippen LogP contribution in [0.1, 0.15) is 309 Å². The van der Waals surface area contributed by atoms with Gasteiger partial charge >= 0.3 is 0 Å². The van der Waals surface area contributed by atoms with Crippen molar-refractivity contribution in [1.29, 1.82) is 0 Å². The third-order valence-electron chi connectivity index (χ3n) is 15.0. The van der Waals surface area contributed by atoms with Crippen LogP contribution in [0.3, 0.4) is 0 Å². The number of allylic oxidation sites excluding steroid dienone is 3. The summed E-state index contributed by atoms with van der Waals surface area (Å²) in [6.45, 7) is 3.80. The number of amides is 1. The largest absolute Gasteiger partial charge is 0.394 e. The first kappa shape index (κ1) is 67.7. The first-order valence-electron chi connectivity index (χ1n) is 31.1. The van der Waals surface area contributed by atoms with Crippen molar-refractivity contribution in [2.45, 2.75) is 352 Å². The van der Waals surface area contributed by atoms with Crippen LogP contribution in [0.4, 0.5) is 0 Å². The molecule has 0 saturated carbocycles. The summed E-state index contributed by atoms with van der Waals surface area (Å²) in [5.74, 6) is -0.172. The zero-order valence-electron chi connectivity index (χ0n) is 46.8. The standard InChI is InChI=1S/C62H119NO8/c1-3-5-7-9-11-13-15-17-18-19-20-21-22-23-24-25-26-27-28-29-30-31-32-33-34-35-36-37-38-40-42-44-46-48-50-52-58(66)63-55(54-70-62-61(69)60(68)59(67)57(53-64)71-62)56(65)51-49-47-45-43-41-39-16-14-12-10-8-6-4-2/h25-26,49,51,55-57,59-62,64-65,67-69H,3-24,27-48,50,52-54H2,1-2H3,(H,63,66)/b26-25-,51-49+. The van der Waals surface area contributed by atoms with Gasteiger partial charge in [0.05, 0.1) is 25.4 Å². The molecule has 420 valence electrons. The van der Waals surface area contributed by atoms with Crippen molar-refractivity contribution in [1.82, 2.24) is 5.32 Å². The highest BCUT2D eigenvalue weighted by molar-refractivity contribution is 5.76. The second-order valence-electron chi connectivity index (χ2n) is 21.9. The van der Waals surface area contributed by atoms with E-state index >= 15 is 0 Å². The van der Waals surface area contributed by atoms with Gasteiger partial charge in [-0.3, -0.25) is 4.79 Å². The van der Waals surface area contributed by atoms with Gasteiger partial charge in [0.25, 0.3) is 0 Å². The number of carbonyl (C=O) groups excluding carboxylic acids is 1. The summed E-state index contributed by atoms with van der Waals surface area (Å²) in [4.78, 5) is 13.0. The number of hydrogen-bond acceptors (Lipinski definition) is 8. The molecular formula is C62H119NO8. The highest BCUT2D eigenvalue weighted by atomic mass is 16.7. The van der Waals surface area contributed by atoms with Crippen molar-refractivity contribution in [2.24, 2.45) is 0 Å². The fraction of sp³-hybridized carbons (Fsp3) is 0.919. The average Bonchev–Trinajstić information content (AvgIpc) is 3.37. The maximum atomic E-state index is 13.0. The number of rotatable bonds is 54. The van der Waals surface area contributed by atoms with E-state index in [4.69, 9.17) is 9.47 Å². The summed E-state index contributed by atoms with van der Waals surface area (Å²) in [6.07, 6.45) is 59.9. The van der Waals surface area contributed by atoms with Gasteiger partial charge in [-0.2, -0.15) is 0 Å². The highest BCUT2D eigenvalue weighted by Gasteiger charge is 2.44. The Bertz CT molecular complexity index is 1170. The van der Waals surface area contributed by atoms with E-state index in [1.807, 2.05) is 6.08 Å². The number of unbranched alkanes of at least 4 members (excludes halogenated alkanes) is 42. The van der Waals surface area contributed by atoms with Crippen LogP contribution in [0, 0.1) is 0 Å². The van der Waals surface area contributed by atoms with E-state index in [-0.39, 0.29) is 12.5 Å². The van der Waals surface area contributed by atoms with E-state index < -0.39 is 49.5 Å². The summed E-state index contributed by atoms with van der Waals surface area (Å²) in [5.41, 5.74) is 0. The molecule has 1 fully saturated rings. The second-order valence-corrected chi connectivity index (χ2v) is 21.9. The zero-order chi connectivity index (χ0) is 51.5. The molecule has 0 aromatic rings. The normalized spacial score (nSPS) is 19.3. The minimum atomic E-state index is -1.56. The predicted molar refractivity (Wildman–Crippen MR) is 300 cm³/mol. The van der Waals surface area contributed by atoms with Crippen molar-refractivity contribution in [2.75, 3.05) is 13.2 Å². The van der Waals surface area contributed by atoms with Gasteiger partial charge in [0, 0.05) is 6.42 Å². The molecule has 71 heavy (non-hydrogen) atoms. The Morgan fingerprint density at radius 3 is 1.14 bits per heavy atom. The molecule has 0 bridgehead atoms. The molecule has 0 spiro atoms. The lowest BCUT2D eigenvalue weighted by Crippen LogP contribution is -2.60. The Hall–Kier alpha value is -1.33. The van der Waals surface area contributed by atoms with E-state index in [2.05, 4.69) is 31.3 Å². The van der Waals surface area contributed by atoms with Gasteiger partial charge in [-0.05, 0) is 44.9 Å². The van der Waals surface area contributed by atoms with Crippen molar-refractivity contribution >= 4 is 5.91 Å². The van der Waals surface area contributed by atoms with Crippen molar-refractivity contribution in [3.8, 4) is 0 Å². The first-order valence-corrected chi connectivity index (χ1v) is 31.1. The average molecular weight is 1010 g/mol. The molecule has 1 rings (SSSR count). The lowest BCUT2D eigenvalue weighted by Gasteiger charge is -2.40. The molecular weight excluding hydrogens is 887 g/mol. The molecule has 9 nitrogen and oxygen atoms in total. The highest BCUT2D eigenvalue weighted by Crippen LogP contribution is 2.23. The number of hydrogen-bond donors (Lipinski definition) is 6. The Labute approximate surface area is 439 Å². The van der Waals surface area contributed by atoms with Crippen LogP contribution >= 0.6 is 0 Å². The molecule has 0 radical (unpaired) electrons. The molecule has 1 aliphatic rings. The number of aliphatic hydroxyl groups excluding tert-OH is 5. The zero-order valence-corrected chi connectivity index (χ0v) is 46.8. The van der Waals surface area contributed by atoms with Gasteiger partial charge in [0.2, 0.25) is 5.91 Å². The molecule has 1 amide bonds. The van der Waals surface area contributed by atoms with Crippen LogP contribution in [-0.2, 0) is 14.3 Å². The maximum Gasteiger partial charge on any atom is 0.220 e. The molecule has 0 aromatic carbocycles. The van der Waals surface area contributed by atoms with Gasteiger partial charge < -0.3 is 40.3 Å². The van der Waals surface area contributed by atoms with Crippen LogP contribution in [0.2, 0.25) is 0 Å². The van der Waals surface area contributed by atoms with Crippen LogP contribution in [-0.4, -0.2) is 87.5 Å². The fourth-order valence-electron chi connectivity index (χ4n) is 10.1. The molecule has 7 unspecified atom stereocenters. The van der Waals surface area contributed by atoms with Gasteiger partial charge in [-0.15, -0.1) is 0 Å².